The molecule has 0 atom stereocenters. The van der Waals surface area contributed by atoms with E-state index in [4.69, 9.17) is 0 Å². The van der Waals surface area contributed by atoms with Gasteiger partial charge in [-0.05, 0) is 32.1 Å². The third kappa shape index (κ3) is 37.8. The van der Waals surface area contributed by atoms with E-state index in [1.165, 1.54) is 205 Å². The van der Waals surface area contributed by atoms with Crippen molar-refractivity contribution in [1.82, 2.24) is 0 Å². The lowest BCUT2D eigenvalue weighted by atomic mass is 9.74. The van der Waals surface area contributed by atoms with E-state index in [2.05, 4.69) is 13.8 Å². The van der Waals surface area contributed by atoms with Gasteiger partial charge in [0.15, 0.2) is 0 Å². The number of hydrogen-bond donors (Lipinski definition) is 0. The SMILES string of the molecule is CCCCCCCCCCCCCCCCCCCCC(CCCCCCCCCCCCCCCCCCCC)(CCCCCCCC(=O)[O-])C(=O)[O-]. The van der Waals surface area contributed by atoms with Crippen LogP contribution in [0.25, 0.3) is 0 Å². The first-order valence-electron chi connectivity index (χ1n) is 24.9. The van der Waals surface area contributed by atoms with Gasteiger partial charge in [-0.2, -0.15) is 0 Å². The smallest absolute Gasteiger partial charge is 0.0476 e. The lowest BCUT2D eigenvalue weighted by Crippen LogP contribution is -2.42. The third-order valence-electron chi connectivity index (χ3n) is 12.5. The molecule has 0 fully saturated rings. The van der Waals surface area contributed by atoms with E-state index in [9.17, 15) is 19.8 Å². The molecular formula is C50H96O4-2. The Balaban J connectivity index is 4.17. The molecule has 4 nitrogen and oxygen atoms in total. The molecule has 0 unspecified atom stereocenters. The Labute approximate surface area is 339 Å². The predicted molar refractivity (Wildman–Crippen MR) is 232 cm³/mol. The molecule has 54 heavy (non-hydrogen) atoms. The van der Waals surface area contributed by atoms with E-state index in [0.717, 1.165) is 64.2 Å². The van der Waals surface area contributed by atoms with Gasteiger partial charge in [0.05, 0.1) is 0 Å². The van der Waals surface area contributed by atoms with Gasteiger partial charge >= 0.3 is 0 Å². The molecule has 322 valence electrons. The lowest BCUT2D eigenvalue weighted by molar-refractivity contribution is -0.321. The van der Waals surface area contributed by atoms with Gasteiger partial charge in [0.25, 0.3) is 0 Å². The van der Waals surface area contributed by atoms with Crippen LogP contribution in [0.1, 0.15) is 303 Å². The van der Waals surface area contributed by atoms with Gasteiger partial charge in [-0.3, -0.25) is 0 Å². The van der Waals surface area contributed by atoms with E-state index in [0.29, 0.717) is 12.8 Å². The van der Waals surface area contributed by atoms with Gasteiger partial charge < -0.3 is 19.8 Å². The fourth-order valence-corrected chi connectivity index (χ4v) is 8.67. The molecule has 0 saturated carbocycles. The normalized spacial score (nSPS) is 11.8. The molecule has 0 aromatic rings. The molecule has 0 aromatic carbocycles. The maximum Gasteiger partial charge on any atom is 0.0476 e. The Morgan fingerprint density at radius 1 is 0.296 bits per heavy atom. The number of carbonyl (C=O) groups excluding carboxylic acids is 2. The summed E-state index contributed by atoms with van der Waals surface area (Å²) < 4.78 is 0. The summed E-state index contributed by atoms with van der Waals surface area (Å²) >= 11 is 0. The summed E-state index contributed by atoms with van der Waals surface area (Å²) in [4.78, 5) is 23.4. The first kappa shape index (κ1) is 52.9. The van der Waals surface area contributed by atoms with Crippen molar-refractivity contribution < 1.29 is 19.8 Å². The van der Waals surface area contributed by atoms with Gasteiger partial charge in [-0.1, -0.05) is 271 Å². The molecule has 0 bridgehead atoms. The van der Waals surface area contributed by atoms with Crippen LogP contribution in [0.3, 0.4) is 0 Å². The maximum atomic E-state index is 12.7. The van der Waals surface area contributed by atoms with E-state index in [1.807, 2.05) is 0 Å². The summed E-state index contributed by atoms with van der Waals surface area (Å²) in [5.74, 6) is -1.79. The highest BCUT2D eigenvalue weighted by atomic mass is 16.4. The van der Waals surface area contributed by atoms with Gasteiger partial charge in [0.1, 0.15) is 0 Å². The van der Waals surface area contributed by atoms with Crippen LogP contribution in [0.15, 0.2) is 0 Å². The number of hydrogen-bond acceptors (Lipinski definition) is 4. The summed E-state index contributed by atoms with van der Waals surface area (Å²) in [5.41, 5.74) is -0.685. The number of unbranched alkanes of at least 4 members (excludes halogenated alkanes) is 38. The first-order chi connectivity index (χ1) is 26.5. The molecule has 0 aliphatic heterocycles. The highest BCUT2D eigenvalue weighted by Crippen LogP contribution is 2.37. The Hall–Kier alpha value is -1.06. The van der Waals surface area contributed by atoms with Crippen molar-refractivity contribution >= 4 is 11.9 Å². The van der Waals surface area contributed by atoms with Crippen LogP contribution < -0.4 is 10.2 Å². The van der Waals surface area contributed by atoms with Crippen molar-refractivity contribution in [3.05, 3.63) is 0 Å². The van der Waals surface area contributed by atoms with Crippen LogP contribution in [0.4, 0.5) is 0 Å². The van der Waals surface area contributed by atoms with E-state index in [1.54, 1.807) is 0 Å². The second-order valence-corrected chi connectivity index (χ2v) is 17.7. The number of rotatable bonds is 47. The van der Waals surface area contributed by atoms with Crippen molar-refractivity contribution in [3.8, 4) is 0 Å². The van der Waals surface area contributed by atoms with Crippen LogP contribution in [-0.2, 0) is 9.59 Å². The molecular weight excluding hydrogens is 665 g/mol. The van der Waals surface area contributed by atoms with Crippen molar-refractivity contribution in [3.63, 3.8) is 0 Å². The van der Waals surface area contributed by atoms with Crippen LogP contribution in [-0.4, -0.2) is 11.9 Å². The monoisotopic (exact) mass is 761 g/mol. The van der Waals surface area contributed by atoms with Crippen molar-refractivity contribution in [1.29, 1.82) is 0 Å². The second kappa shape index (κ2) is 43.1. The topological polar surface area (TPSA) is 80.3 Å². The van der Waals surface area contributed by atoms with E-state index < -0.39 is 17.4 Å². The van der Waals surface area contributed by atoms with Crippen LogP contribution >= 0.6 is 0 Å². The molecule has 0 aliphatic rings. The molecule has 0 aromatic heterocycles. The number of aliphatic carboxylic acids is 2. The number of carbonyl (C=O) groups is 2. The molecule has 0 saturated heterocycles. The Morgan fingerprint density at radius 2 is 0.481 bits per heavy atom. The zero-order chi connectivity index (χ0) is 39.5. The van der Waals surface area contributed by atoms with Gasteiger partial charge in [-0.15, -0.1) is 0 Å². The number of carboxylic acids is 2. The molecule has 0 rings (SSSR count). The van der Waals surface area contributed by atoms with E-state index >= 15 is 0 Å². The summed E-state index contributed by atoms with van der Waals surface area (Å²) in [6.07, 6.45) is 55.1. The van der Waals surface area contributed by atoms with Gasteiger partial charge in [0, 0.05) is 17.4 Å². The first-order valence-corrected chi connectivity index (χ1v) is 24.9. The minimum absolute atomic E-state index is 0.127. The Kier molecular flexibility index (Phi) is 42.2. The summed E-state index contributed by atoms with van der Waals surface area (Å²) in [7, 11) is 0. The van der Waals surface area contributed by atoms with Gasteiger partial charge in [-0.25, -0.2) is 0 Å². The largest absolute Gasteiger partial charge is 0.550 e. The average molecular weight is 761 g/mol. The van der Waals surface area contributed by atoms with Crippen LogP contribution in [0.5, 0.6) is 0 Å². The predicted octanol–water partition coefficient (Wildman–Crippen LogP) is 15.1. The molecule has 4 heteroatoms. The fourth-order valence-electron chi connectivity index (χ4n) is 8.67. The Bertz CT molecular complexity index is 724. The Morgan fingerprint density at radius 3 is 0.667 bits per heavy atom. The molecule has 0 heterocycles. The van der Waals surface area contributed by atoms with E-state index in [-0.39, 0.29) is 6.42 Å². The third-order valence-corrected chi connectivity index (χ3v) is 12.5. The zero-order valence-electron chi connectivity index (χ0n) is 37.0. The average Bonchev–Trinajstić information content (AvgIpc) is 3.16. The zero-order valence-corrected chi connectivity index (χ0v) is 37.0. The molecule has 0 radical (unpaired) electrons. The van der Waals surface area contributed by atoms with Crippen LogP contribution in [0.2, 0.25) is 0 Å². The lowest BCUT2D eigenvalue weighted by Gasteiger charge is -2.35. The minimum Gasteiger partial charge on any atom is -0.550 e. The quantitative estimate of drug-likeness (QED) is 0.0579. The molecule has 0 aliphatic carbocycles. The standard InChI is InChI=1S/C50H98O4/c1-3-5-7-9-11-13-15-17-19-21-23-25-27-29-31-33-37-41-45-50(49(53)54,47-43-39-35-36-40-44-48(51)52)46-42-38-34-32-30-28-26-24-22-20-18-16-14-12-10-8-6-4-2/h3-47H2,1-2H3,(H,51,52)(H,53,54)/p-2. The summed E-state index contributed by atoms with van der Waals surface area (Å²) in [5, 5.41) is 23.4. The summed E-state index contributed by atoms with van der Waals surface area (Å²) in [6.45, 7) is 4.57. The number of carboxylic acid groups (broad SMARTS) is 2. The summed E-state index contributed by atoms with van der Waals surface area (Å²) in [6, 6.07) is 0. The van der Waals surface area contributed by atoms with Crippen molar-refractivity contribution in [2.45, 2.75) is 303 Å². The maximum absolute atomic E-state index is 12.7. The second-order valence-electron chi connectivity index (χ2n) is 17.7. The highest BCUT2D eigenvalue weighted by Gasteiger charge is 2.30. The fraction of sp³-hybridized carbons (Fsp3) is 0.960. The highest BCUT2D eigenvalue weighted by molar-refractivity contribution is 5.72. The molecule has 0 spiro atoms. The van der Waals surface area contributed by atoms with Crippen molar-refractivity contribution in [2.75, 3.05) is 0 Å². The van der Waals surface area contributed by atoms with Crippen molar-refractivity contribution in [2.24, 2.45) is 5.41 Å². The van der Waals surface area contributed by atoms with Gasteiger partial charge in [0.2, 0.25) is 0 Å². The molecule has 0 N–H and O–H groups in total. The minimum atomic E-state index is -0.973. The van der Waals surface area contributed by atoms with Crippen LogP contribution in [0, 0.1) is 5.41 Å². The molecule has 0 amide bonds.